The molecule has 2 aliphatic rings. The first kappa shape index (κ1) is 16.6. The van der Waals surface area contributed by atoms with E-state index < -0.39 is 0 Å². The second-order valence-corrected chi connectivity index (χ2v) is 8.17. The molecule has 2 aliphatic carbocycles. The Morgan fingerprint density at radius 2 is 2.20 bits per heavy atom. The molecule has 5 heteroatoms. The van der Waals surface area contributed by atoms with E-state index >= 15 is 0 Å². The number of carbonyl (C=O) groups is 1. The second kappa shape index (κ2) is 6.45. The van der Waals surface area contributed by atoms with Crippen LogP contribution in [0.15, 0.2) is 24.4 Å². The van der Waals surface area contributed by atoms with E-state index in [0.717, 1.165) is 23.2 Å². The Hall–Kier alpha value is -1.88. The van der Waals surface area contributed by atoms with Crippen LogP contribution in [0.25, 0.3) is 5.65 Å². The summed E-state index contributed by atoms with van der Waals surface area (Å²) in [5, 5.41) is 3.26. The maximum Gasteiger partial charge on any atom is 0.272 e. The lowest BCUT2D eigenvalue weighted by molar-refractivity contribution is 0.0909. The normalized spacial score (nSPS) is 26.5. The Morgan fingerprint density at radius 3 is 2.88 bits per heavy atom. The van der Waals surface area contributed by atoms with E-state index in [1.54, 1.807) is 0 Å². The van der Waals surface area contributed by atoms with Gasteiger partial charge in [-0.1, -0.05) is 12.5 Å². The van der Waals surface area contributed by atoms with Crippen LogP contribution in [-0.4, -0.2) is 40.3 Å². The molecule has 0 aromatic carbocycles. The van der Waals surface area contributed by atoms with Crippen LogP contribution in [0, 0.1) is 17.8 Å². The van der Waals surface area contributed by atoms with Crippen molar-refractivity contribution in [1.82, 2.24) is 19.6 Å². The highest BCUT2D eigenvalue weighted by Crippen LogP contribution is 2.49. The second-order valence-electron chi connectivity index (χ2n) is 8.17. The summed E-state index contributed by atoms with van der Waals surface area (Å²) in [6.07, 6.45) is 7.36. The van der Waals surface area contributed by atoms with Gasteiger partial charge in [-0.05, 0) is 70.2 Å². The zero-order chi connectivity index (χ0) is 17.6. The van der Waals surface area contributed by atoms with Crippen molar-refractivity contribution in [3.05, 3.63) is 35.8 Å². The summed E-state index contributed by atoms with van der Waals surface area (Å²) in [7, 11) is 4.03. The van der Waals surface area contributed by atoms with E-state index in [-0.39, 0.29) is 11.9 Å². The van der Waals surface area contributed by atoms with Crippen molar-refractivity contribution in [2.24, 2.45) is 17.8 Å². The predicted octanol–water partition coefficient (Wildman–Crippen LogP) is 2.95. The average molecular weight is 340 g/mol. The third-order valence-corrected chi connectivity index (χ3v) is 6.10. The van der Waals surface area contributed by atoms with Gasteiger partial charge >= 0.3 is 0 Å². The monoisotopic (exact) mass is 340 g/mol. The summed E-state index contributed by atoms with van der Waals surface area (Å²) in [4.78, 5) is 19.7. The minimum Gasteiger partial charge on any atom is -0.348 e. The van der Waals surface area contributed by atoms with Gasteiger partial charge in [-0.25, -0.2) is 4.98 Å². The van der Waals surface area contributed by atoms with E-state index in [2.05, 4.69) is 22.1 Å². The molecule has 4 rings (SSSR count). The van der Waals surface area contributed by atoms with Crippen molar-refractivity contribution in [2.75, 3.05) is 14.1 Å². The van der Waals surface area contributed by atoms with E-state index in [1.807, 2.05) is 42.9 Å². The number of fused-ring (bicyclic) bond motifs is 3. The third kappa shape index (κ3) is 3.06. The maximum atomic E-state index is 13.0. The molecule has 134 valence electrons. The first-order valence-corrected chi connectivity index (χ1v) is 9.44. The molecule has 0 saturated heterocycles. The van der Waals surface area contributed by atoms with Crippen LogP contribution >= 0.6 is 0 Å². The van der Waals surface area contributed by atoms with Gasteiger partial charge in [0.15, 0.2) is 5.69 Å². The highest BCUT2D eigenvalue weighted by atomic mass is 16.2. The summed E-state index contributed by atoms with van der Waals surface area (Å²) in [6, 6.07) is 6.11. The van der Waals surface area contributed by atoms with Gasteiger partial charge in [-0.15, -0.1) is 0 Å². The molecule has 2 aromatic rings. The topological polar surface area (TPSA) is 49.6 Å². The van der Waals surface area contributed by atoms with Gasteiger partial charge in [0.25, 0.3) is 5.91 Å². The summed E-state index contributed by atoms with van der Waals surface area (Å²) < 4.78 is 2.02. The van der Waals surface area contributed by atoms with Crippen LogP contribution in [0.5, 0.6) is 0 Å². The Balaban J connectivity index is 1.57. The number of aromatic nitrogens is 2. The van der Waals surface area contributed by atoms with Crippen LogP contribution in [0.1, 0.15) is 48.8 Å². The van der Waals surface area contributed by atoms with Gasteiger partial charge in [0, 0.05) is 18.8 Å². The zero-order valence-electron chi connectivity index (χ0n) is 15.4. The summed E-state index contributed by atoms with van der Waals surface area (Å²) in [6.45, 7) is 2.86. The number of rotatable bonds is 5. The summed E-state index contributed by atoms with van der Waals surface area (Å²) in [5.74, 6) is 2.31. The van der Waals surface area contributed by atoms with Gasteiger partial charge in [0.1, 0.15) is 5.65 Å². The Bertz CT molecular complexity index is 781. The van der Waals surface area contributed by atoms with Gasteiger partial charge in [0.2, 0.25) is 0 Å². The van der Waals surface area contributed by atoms with E-state index in [4.69, 9.17) is 0 Å². The Morgan fingerprint density at radius 1 is 1.36 bits per heavy atom. The molecule has 2 aromatic heterocycles. The molecule has 4 atom stereocenters. The number of hydrogen-bond donors (Lipinski definition) is 1. The zero-order valence-corrected chi connectivity index (χ0v) is 15.4. The molecular weight excluding hydrogens is 312 g/mol. The lowest BCUT2D eigenvalue weighted by Crippen LogP contribution is -2.40. The Labute approximate surface area is 149 Å². The molecule has 5 nitrogen and oxygen atoms in total. The smallest absolute Gasteiger partial charge is 0.272 e. The minimum atomic E-state index is -0.0316. The molecule has 0 spiro atoms. The van der Waals surface area contributed by atoms with Crippen LogP contribution in [0.2, 0.25) is 0 Å². The van der Waals surface area contributed by atoms with Gasteiger partial charge in [-0.2, -0.15) is 0 Å². The molecule has 1 N–H and O–H groups in total. The highest BCUT2D eigenvalue weighted by molar-refractivity contribution is 5.94. The van der Waals surface area contributed by atoms with Crippen molar-refractivity contribution >= 4 is 11.6 Å². The number of nitrogens with one attached hydrogen (secondary N) is 1. The molecule has 1 amide bonds. The molecule has 0 radical (unpaired) electrons. The fraction of sp³-hybridized carbons (Fsp3) is 0.600. The lowest BCUT2D eigenvalue weighted by Gasteiger charge is -2.28. The first-order chi connectivity index (χ1) is 12.0. The molecule has 25 heavy (non-hydrogen) atoms. The molecule has 2 fully saturated rings. The Kier molecular flexibility index (Phi) is 4.28. The maximum absolute atomic E-state index is 13.0. The fourth-order valence-corrected chi connectivity index (χ4v) is 4.97. The van der Waals surface area contributed by atoms with E-state index in [0.29, 0.717) is 18.2 Å². The minimum absolute atomic E-state index is 0.0316. The largest absolute Gasteiger partial charge is 0.348 e. The first-order valence-electron chi connectivity index (χ1n) is 9.44. The van der Waals surface area contributed by atoms with Crippen molar-refractivity contribution in [3.63, 3.8) is 0 Å². The summed E-state index contributed by atoms with van der Waals surface area (Å²) in [5.41, 5.74) is 2.35. The quantitative estimate of drug-likeness (QED) is 0.910. The predicted molar refractivity (Wildman–Crippen MR) is 98.4 cm³/mol. The van der Waals surface area contributed by atoms with Crippen molar-refractivity contribution < 1.29 is 4.79 Å². The summed E-state index contributed by atoms with van der Waals surface area (Å²) >= 11 is 0. The molecular formula is C20H28N4O. The van der Waals surface area contributed by atoms with Crippen LogP contribution in [0.4, 0.5) is 0 Å². The number of amides is 1. The standard InChI is InChI=1S/C20H28N4O/c1-13(16-11-14-7-8-15(16)10-14)21-20(25)19-17(12-23(2)3)24-9-5-4-6-18(24)22-19/h4-6,9,13-16H,7-8,10-12H2,1-3H3,(H,21,25). The molecule has 4 unspecified atom stereocenters. The van der Waals surface area contributed by atoms with Crippen LogP contribution in [0.3, 0.4) is 0 Å². The molecule has 0 aliphatic heterocycles. The van der Waals surface area contributed by atoms with Gasteiger partial charge < -0.3 is 14.6 Å². The van der Waals surface area contributed by atoms with E-state index in [1.165, 1.54) is 25.7 Å². The molecule has 2 bridgehead atoms. The molecule has 2 heterocycles. The number of imidazole rings is 1. The van der Waals surface area contributed by atoms with E-state index in [9.17, 15) is 4.79 Å². The molecule has 2 saturated carbocycles. The van der Waals surface area contributed by atoms with Crippen LogP contribution in [-0.2, 0) is 6.54 Å². The van der Waals surface area contributed by atoms with Gasteiger partial charge in [0.05, 0.1) is 5.69 Å². The van der Waals surface area contributed by atoms with Crippen LogP contribution < -0.4 is 5.32 Å². The van der Waals surface area contributed by atoms with Crippen molar-refractivity contribution in [1.29, 1.82) is 0 Å². The number of carbonyl (C=O) groups excluding carboxylic acids is 1. The van der Waals surface area contributed by atoms with Crippen molar-refractivity contribution in [2.45, 2.75) is 45.2 Å². The number of pyridine rings is 1. The lowest BCUT2D eigenvalue weighted by atomic mass is 9.84. The third-order valence-electron chi connectivity index (χ3n) is 6.10. The van der Waals surface area contributed by atoms with Crippen molar-refractivity contribution in [3.8, 4) is 0 Å². The average Bonchev–Trinajstić information content (AvgIpc) is 3.28. The highest BCUT2D eigenvalue weighted by Gasteiger charge is 2.42. The fourth-order valence-electron chi connectivity index (χ4n) is 4.97. The van der Waals surface area contributed by atoms with Gasteiger partial charge in [-0.3, -0.25) is 4.79 Å². The number of hydrogen-bond acceptors (Lipinski definition) is 3. The SMILES string of the molecule is CC(NC(=O)c1nc2ccccn2c1CN(C)C)C1CC2CCC1C2. The number of nitrogens with zero attached hydrogens (tertiary/aromatic N) is 3.